The zero-order valence-electron chi connectivity index (χ0n) is 8.78. The van der Waals surface area contributed by atoms with Crippen LogP contribution in [0, 0.1) is 5.41 Å². The summed E-state index contributed by atoms with van der Waals surface area (Å²) in [5, 5.41) is 9.43. The summed E-state index contributed by atoms with van der Waals surface area (Å²) in [5.41, 5.74) is 0.656. The van der Waals surface area contributed by atoms with E-state index in [2.05, 4.69) is 0 Å². The van der Waals surface area contributed by atoms with Crippen molar-refractivity contribution in [3.63, 3.8) is 0 Å². The Labute approximate surface area is 89.9 Å². The summed E-state index contributed by atoms with van der Waals surface area (Å²) in [4.78, 5) is 11.8. The van der Waals surface area contributed by atoms with Crippen LogP contribution >= 0.6 is 0 Å². The number of hydrogen-bond acceptors (Lipinski definition) is 2. The van der Waals surface area contributed by atoms with Crippen molar-refractivity contribution in [1.82, 2.24) is 0 Å². The average molecular weight is 204 g/mol. The molecule has 2 nitrogen and oxygen atoms in total. The fourth-order valence-corrected chi connectivity index (χ4v) is 2.39. The molecule has 0 aliphatic heterocycles. The molecule has 1 aliphatic rings. The summed E-state index contributed by atoms with van der Waals surface area (Å²) < 4.78 is 0. The Morgan fingerprint density at radius 3 is 2.53 bits per heavy atom. The first-order chi connectivity index (χ1) is 7.27. The van der Waals surface area contributed by atoms with Gasteiger partial charge in [0.15, 0.2) is 0 Å². The van der Waals surface area contributed by atoms with E-state index >= 15 is 0 Å². The van der Waals surface area contributed by atoms with Gasteiger partial charge in [0.1, 0.15) is 5.78 Å². The number of hydrogen-bond donors (Lipinski definition) is 1. The highest BCUT2D eigenvalue weighted by Crippen LogP contribution is 2.37. The number of ketones is 1. The van der Waals surface area contributed by atoms with Gasteiger partial charge < -0.3 is 5.11 Å². The molecule has 1 N–H and O–H groups in total. The summed E-state index contributed by atoms with van der Waals surface area (Å²) in [6.07, 6.45) is 3.07. The van der Waals surface area contributed by atoms with E-state index in [-0.39, 0.29) is 12.4 Å². The number of carbonyl (C=O) groups excluding carboxylic acids is 1. The molecule has 0 aromatic heterocycles. The number of benzene rings is 1. The Bertz CT molecular complexity index is 345. The molecule has 1 atom stereocenters. The van der Waals surface area contributed by atoms with Crippen LogP contribution in [0.15, 0.2) is 30.3 Å². The molecule has 0 radical (unpaired) electrons. The van der Waals surface area contributed by atoms with Crippen LogP contribution in [0.2, 0.25) is 0 Å². The maximum atomic E-state index is 11.8. The van der Waals surface area contributed by atoms with Crippen LogP contribution in [0.3, 0.4) is 0 Å². The Hall–Kier alpha value is -1.15. The van der Waals surface area contributed by atoms with E-state index in [0.717, 1.165) is 18.4 Å². The minimum atomic E-state index is -0.485. The normalized spacial score (nSPS) is 25.8. The van der Waals surface area contributed by atoms with Gasteiger partial charge in [0.05, 0.1) is 12.0 Å². The molecule has 0 saturated heterocycles. The van der Waals surface area contributed by atoms with E-state index in [1.165, 1.54) is 0 Å². The highest BCUT2D eigenvalue weighted by molar-refractivity contribution is 5.87. The van der Waals surface area contributed by atoms with Gasteiger partial charge in [-0.2, -0.15) is 0 Å². The minimum Gasteiger partial charge on any atom is -0.395 e. The molecule has 0 bridgehead atoms. The summed E-state index contributed by atoms with van der Waals surface area (Å²) >= 11 is 0. The fourth-order valence-electron chi connectivity index (χ4n) is 2.39. The zero-order chi connectivity index (χ0) is 10.7. The molecule has 0 amide bonds. The van der Waals surface area contributed by atoms with Gasteiger partial charge in [0.25, 0.3) is 0 Å². The smallest absolute Gasteiger partial charge is 0.141 e. The van der Waals surface area contributed by atoms with Crippen molar-refractivity contribution in [1.29, 1.82) is 0 Å². The standard InChI is InChI=1S/C13H16O2/c14-10-13(8-4-7-12(13)15)9-11-5-2-1-3-6-11/h1-3,5-6,14H,4,7-10H2/t13-/m1/s1. The Balaban J connectivity index is 2.19. The number of aliphatic hydroxyl groups excluding tert-OH is 1. The number of aliphatic hydroxyl groups is 1. The van der Waals surface area contributed by atoms with Crippen molar-refractivity contribution in [3.05, 3.63) is 35.9 Å². The SMILES string of the molecule is O=C1CCC[C@]1(CO)Cc1ccccc1. The summed E-state index contributed by atoms with van der Waals surface area (Å²) in [6.45, 7) is -0.0132. The molecule has 0 spiro atoms. The summed E-state index contributed by atoms with van der Waals surface area (Å²) in [7, 11) is 0. The quantitative estimate of drug-likeness (QED) is 0.817. The van der Waals surface area contributed by atoms with Gasteiger partial charge in [0.2, 0.25) is 0 Å². The second-order valence-electron chi connectivity index (χ2n) is 4.38. The van der Waals surface area contributed by atoms with Crippen molar-refractivity contribution < 1.29 is 9.90 Å². The Morgan fingerprint density at radius 1 is 1.27 bits per heavy atom. The molecule has 2 heteroatoms. The van der Waals surface area contributed by atoms with Gasteiger partial charge in [0, 0.05) is 6.42 Å². The second-order valence-corrected chi connectivity index (χ2v) is 4.38. The van der Waals surface area contributed by atoms with Crippen LogP contribution in [0.4, 0.5) is 0 Å². The van der Waals surface area contributed by atoms with E-state index in [1.807, 2.05) is 30.3 Å². The van der Waals surface area contributed by atoms with Gasteiger partial charge in [-0.15, -0.1) is 0 Å². The predicted octanol–water partition coefficient (Wildman–Crippen LogP) is 1.96. The third-order valence-electron chi connectivity index (χ3n) is 3.34. The maximum Gasteiger partial charge on any atom is 0.141 e. The van der Waals surface area contributed by atoms with Crippen LogP contribution in [0.25, 0.3) is 0 Å². The van der Waals surface area contributed by atoms with Crippen molar-refractivity contribution in [2.75, 3.05) is 6.61 Å². The Kier molecular flexibility index (Phi) is 2.87. The van der Waals surface area contributed by atoms with Crippen LogP contribution in [0.5, 0.6) is 0 Å². The third kappa shape index (κ3) is 1.95. The molecule has 0 unspecified atom stereocenters. The molecule has 1 aromatic carbocycles. The summed E-state index contributed by atoms with van der Waals surface area (Å²) in [5.74, 6) is 0.230. The zero-order valence-corrected chi connectivity index (χ0v) is 8.78. The lowest BCUT2D eigenvalue weighted by Gasteiger charge is -2.24. The highest BCUT2D eigenvalue weighted by Gasteiger charge is 2.41. The van der Waals surface area contributed by atoms with E-state index in [4.69, 9.17) is 0 Å². The van der Waals surface area contributed by atoms with Crippen molar-refractivity contribution in [2.45, 2.75) is 25.7 Å². The lowest BCUT2D eigenvalue weighted by atomic mass is 9.80. The first-order valence-corrected chi connectivity index (χ1v) is 5.45. The molecule has 1 aliphatic carbocycles. The van der Waals surface area contributed by atoms with Gasteiger partial charge in [-0.25, -0.2) is 0 Å². The monoisotopic (exact) mass is 204 g/mol. The van der Waals surface area contributed by atoms with Crippen molar-refractivity contribution in [2.24, 2.45) is 5.41 Å². The maximum absolute atomic E-state index is 11.8. The second kappa shape index (κ2) is 4.15. The molecule has 1 aromatic rings. The highest BCUT2D eigenvalue weighted by atomic mass is 16.3. The van der Waals surface area contributed by atoms with Crippen LogP contribution in [-0.2, 0) is 11.2 Å². The number of rotatable bonds is 3. The largest absolute Gasteiger partial charge is 0.395 e. The molecule has 80 valence electrons. The van der Waals surface area contributed by atoms with E-state index in [0.29, 0.717) is 12.8 Å². The molecule has 2 rings (SSSR count). The molecular formula is C13H16O2. The third-order valence-corrected chi connectivity index (χ3v) is 3.34. The number of carbonyl (C=O) groups is 1. The topological polar surface area (TPSA) is 37.3 Å². The first kappa shape index (κ1) is 10.4. The lowest BCUT2D eigenvalue weighted by Crippen LogP contribution is -2.32. The van der Waals surface area contributed by atoms with E-state index in [1.54, 1.807) is 0 Å². The van der Waals surface area contributed by atoms with Gasteiger partial charge >= 0.3 is 0 Å². The van der Waals surface area contributed by atoms with Crippen LogP contribution in [-0.4, -0.2) is 17.5 Å². The predicted molar refractivity (Wildman–Crippen MR) is 58.5 cm³/mol. The molecule has 15 heavy (non-hydrogen) atoms. The van der Waals surface area contributed by atoms with E-state index in [9.17, 15) is 9.90 Å². The molecule has 1 saturated carbocycles. The molecule has 1 fully saturated rings. The van der Waals surface area contributed by atoms with Crippen molar-refractivity contribution >= 4 is 5.78 Å². The van der Waals surface area contributed by atoms with E-state index < -0.39 is 5.41 Å². The lowest BCUT2D eigenvalue weighted by molar-refractivity contribution is -0.127. The summed E-state index contributed by atoms with van der Waals surface area (Å²) in [6, 6.07) is 9.94. The van der Waals surface area contributed by atoms with Crippen LogP contribution in [0.1, 0.15) is 24.8 Å². The van der Waals surface area contributed by atoms with Gasteiger partial charge in [-0.1, -0.05) is 30.3 Å². The number of Topliss-reactive ketones (excluding diaryl/α,β-unsaturated/α-hetero) is 1. The van der Waals surface area contributed by atoms with Crippen molar-refractivity contribution in [3.8, 4) is 0 Å². The first-order valence-electron chi connectivity index (χ1n) is 5.45. The fraction of sp³-hybridized carbons (Fsp3) is 0.462. The van der Waals surface area contributed by atoms with Gasteiger partial charge in [-0.05, 0) is 24.8 Å². The van der Waals surface area contributed by atoms with Gasteiger partial charge in [-0.3, -0.25) is 4.79 Å². The van der Waals surface area contributed by atoms with Crippen LogP contribution < -0.4 is 0 Å². The Morgan fingerprint density at radius 2 is 2.00 bits per heavy atom. The molecular weight excluding hydrogens is 188 g/mol. The molecule has 0 heterocycles. The average Bonchev–Trinajstić information content (AvgIpc) is 2.62. The minimum absolute atomic E-state index is 0.0132.